The molecule has 18 heavy (non-hydrogen) atoms. The van der Waals surface area contributed by atoms with Gasteiger partial charge in [0.05, 0.1) is 6.20 Å². The van der Waals surface area contributed by atoms with Crippen LogP contribution in [-0.4, -0.2) is 19.7 Å². The van der Waals surface area contributed by atoms with Crippen molar-refractivity contribution in [1.29, 1.82) is 0 Å². The highest BCUT2D eigenvalue weighted by atomic mass is 15.3. The summed E-state index contributed by atoms with van der Waals surface area (Å²) in [5.74, 6) is 6.76. The maximum absolute atomic E-state index is 5.37. The summed E-state index contributed by atoms with van der Waals surface area (Å²) in [6.07, 6.45) is 3.32. The lowest BCUT2D eigenvalue weighted by atomic mass is 10.2. The molecule has 0 amide bonds. The van der Waals surface area contributed by atoms with Gasteiger partial charge >= 0.3 is 0 Å². The van der Waals surface area contributed by atoms with Gasteiger partial charge in [0, 0.05) is 30.4 Å². The number of nitrogens with two attached hydrogens (primary N) is 1. The van der Waals surface area contributed by atoms with Crippen molar-refractivity contribution in [3.05, 3.63) is 29.3 Å². The van der Waals surface area contributed by atoms with Crippen LogP contribution in [0.25, 0.3) is 0 Å². The smallest absolute Gasteiger partial charge is 0.148 e. The first kappa shape index (κ1) is 12.3. The van der Waals surface area contributed by atoms with E-state index in [4.69, 9.17) is 5.84 Å². The number of anilines is 2. The van der Waals surface area contributed by atoms with Gasteiger partial charge in [0.2, 0.25) is 0 Å². The standard InChI is InChI=1S/C11H17N7/c1-7-10(14-6-15-11(7)17-12)13-4-9-5-16-18(3)8(9)2/h5-6H,4,12H2,1-3H3,(H2,13,14,15,17). The normalized spacial score (nSPS) is 10.4. The maximum Gasteiger partial charge on any atom is 0.148 e. The summed E-state index contributed by atoms with van der Waals surface area (Å²) in [6, 6.07) is 0. The minimum atomic E-state index is 0.621. The summed E-state index contributed by atoms with van der Waals surface area (Å²) >= 11 is 0. The molecule has 0 radical (unpaired) electrons. The van der Waals surface area contributed by atoms with Gasteiger partial charge < -0.3 is 10.7 Å². The van der Waals surface area contributed by atoms with E-state index in [1.54, 1.807) is 0 Å². The zero-order valence-corrected chi connectivity index (χ0v) is 10.7. The molecule has 96 valence electrons. The summed E-state index contributed by atoms with van der Waals surface area (Å²) < 4.78 is 1.84. The molecule has 2 aromatic rings. The van der Waals surface area contributed by atoms with Gasteiger partial charge in [-0.25, -0.2) is 15.8 Å². The number of aromatic nitrogens is 4. The fourth-order valence-corrected chi connectivity index (χ4v) is 1.67. The summed E-state index contributed by atoms with van der Waals surface area (Å²) in [6.45, 7) is 4.61. The molecule has 0 aliphatic rings. The third-order valence-electron chi connectivity index (χ3n) is 3.00. The number of nitrogens with zero attached hydrogens (tertiary/aromatic N) is 4. The summed E-state index contributed by atoms with van der Waals surface area (Å²) in [5, 5.41) is 7.45. The number of aryl methyl sites for hydroxylation is 1. The molecule has 0 fully saturated rings. The van der Waals surface area contributed by atoms with Crippen molar-refractivity contribution in [2.45, 2.75) is 20.4 Å². The van der Waals surface area contributed by atoms with E-state index in [9.17, 15) is 0 Å². The second kappa shape index (κ2) is 5.01. The van der Waals surface area contributed by atoms with E-state index in [0.717, 1.165) is 22.6 Å². The number of nitrogen functional groups attached to an aromatic ring is 1. The number of hydrazine groups is 1. The van der Waals surface area contributed by atoms with Gasteiger partial charge in [-0.3, -0.25) is 4.68 Å². The third kappa shape index (κ3) is 2.25. The summed E-state index contributed by atoms with van der Waals surface area (Å²) in [7, 11) is 1.92. The van der Waals surface area contributed by atoms with Crippen LogP contribution in [0.4, 0.5) is 11.6 Å². The highest BCUT2D eigenvalue weighted by Gasteiger charge is 2.07. The van der Waals surface area contributed by atoms with Gasteiger partial charge in [0.15, 0.2) is 0 Å². The summed E-state index contributed by atoms with van der Waals surface area (Å²) in [5.41, 5.74) is 5.70. The van der Waals surface area contributed by atoms with Crippen molar-refractivity contribution in [1.82, 2.24) is 19.7 Å². The molecule has 4 N–H and O–H groups in total. The van der Waals surface area contributed by atoms with Crippen molar-refractivity contribution in [3.63, 3.8) is 0 Å². The van der Waals surface area contributed by atoms with Gasteiger partial charge in [-0.05, 0) is 13.8 Å². The number of nitrogens with one attached hydrogen (secondary N) is 2. The van der Waals surface area contributed by atoms with Crippen LogP contribution in [0.5, 0.6) is 0 Å². The van der Waals surface area contributed by atoms with Crippen LogP contribution in [0, 0.1) is 13.8 Å². The molecule has 0 bridgehead atoms. The molecule has 0 saturated carbocycles. The fourth-order valence-electron chi connectivity index (χ4n) is 1.67. The Morgan fingerprint density at radius 2 is 2.00 bits per heavy atom. The fraction of sp³-hybridized carbons (Fsp3) is 0.364. The lowest BCUT2D eigenvalue weighted by Gasteiger charge is -2.10. The van der Waals surface area contributed by atoms with Crippen LogP contribution < -0.4 is 16.6 Å². The average Bonchev–Trinajstić information content (AvgIpc) is 2.69. The number of hydrogen-bond acceptors (Lipinski definition) is 6. The van der Waals surface area contributed by atoms with Crippen molar-refractivity contribution in [2.75, 3.05) is 10.7 Å². The molecular formula is C11H17N7. The molecule has 0 aliphatic carbocycles. The van der Waals surface area contributed by atoms with Crippen LogP contribution in [0.15, 0.2) is 12.5 Å². The zero-order valence-electron chi connectivity index (χ0n) is 10.7. The molecule has 0 saturated heterocycles. The molecule has 0 unspecified atom stereocenters. The van der Waals surface area contributed by atoms with Crippen molar-refractivity contribution in [3.8, 4) is 0 Å². The number of hydrogen-bond donors (Lipinski definition) is 3. The molecule has 0 aromatic carbocycles. The van der Waals surface area contributed by atoms with E-state index in [1.165, 1.54) is 6.33 Å². The van der Waals surface area contributed by atoms with Crippen LogP contribution in [-0.2, 0) is 13.6 Å². The van der Waals surface area contributed by atoms with Crippen LogP contribution in [0.3, 0.4) is 0 Å². The zero-order chi connectivity index (χ0) is 13.1. The Hall–Kier alpha value is -2.15. The Bertz CT molecular complexity index is 546. The topological polar surface area (TPSA) is 93.7 Å². The molecule has 0 atom stereocenters. The minimum absolute atomic E-state index is 0.621. The lowest BCUT2D eigenvalue weighted by Crippen LogP contribution is -2.12. The Balaban J connectivity index is 2.13. The van der Waals surface area contributed by atoms with Gasteiger partial charge in [0.1, 0.15) is 18.0 Å². The van der Waals surface area contributed by atoms with Gasteiger partial charge in [0.25, 0.3) is 0 Å². The summed E-state index contributed by atoms with van der Waals surface area (Å²) in [4.78, 5) is 8.22. The van der Waals surface area contributed by atoms with Crippen LogP contribution in [0.2, 0.25) is 0 Å². The van der Waals surface area contributed by atoms with E-state index in [0.29, 0.717) is 12.4 Å². The third-order valence-corrected chi connectivity index (χ3v) is 3.00. The highest BCUT2D eigenvalue weighted by molar-refractivity contribution is 5.55. The molecular weight excluding hydrogens is 230 g/mol. The Morgan fingerprint density at radius 1 is 1.28 bits per heavy atom. The Labute approximate surface area is 105 Å². The van der Waals surface area contributed by atoms with Gasteiger partial charge in [-0.1, -0.05) is 0 Å². The van der Waals surface area contributed by atoms with E-state index < -0.39 is 0 Å². The van der Waals surface area contributed by atoms with E-state index in [1.807, 2.05) is 31.8 Å². The van der Waals surface area contributed by atoms with Gasteiger partial charge in [-0.2, -0.15) is 5.10 Å². The first-order valence-corrected chi connectivity index (χ1v) is 5.63. The molecule has 7 heteroatoms. The molecule has 2 heterocycles. The van der Waals surface area contributed by atoms with Crippen molar-refractivity contribution >= 4 is 11.6 Å². The van der Waals surface area contributed by atoms with Crippen LogP contribution >= 0.6 is 0 Å². The van der Waals surface area contributed by atoms with E-state index in [-0.39, 0.29) is 0 Å². The molecule has 0 spiro atoms. The largest absolute Gasteiger partial charge is 0.365 e. The molecule has 0 aliphatic heterocycles. The quantitative estimate of drug-likeness (QED) is 0.544. The minimum Gasteiger partial charge on any atom is -0.365 e. The first-order valence-electron chi connectivity index (χ1n) is 5.63. The second-order valence-electron chi connectivity index (χ2n) is 4.07. The van der Waals surface area contributed by atoms with E-state index in [2.05, 4.69) is 25.8 Å². The van der Waals surface area contributed by atoms with Crippen molar-refractivity contribution < 1.29 is 0 Å². The first-order chi connectivity index (χ1) is 8.63. The Kier molecular flexibility index (Phi) is 3.42. The molecule has 2 rings (SSSR count). The van der Waals surface area contributed by atoms with E-state index >= 15 is 0 Å². The highest BCUT2D eigenvalue weighted by Crippen LogP contribution is 2.18. The van der Waals surface area contributed by atoms with Crippen LogP contribution in [0.1, 0.15) is 16.8 Å². The monoisotopic (exact) mass is 247 g/mol. The SMILES string of the molecule is Cc1c(NN)ncnc1NCc1cnn(C)c1C. The molecule has 7 nitrogen and oxygen atoms in total. The van der Waals surface area contributed by atoms with Crippen molar-refractivity contribution in [2.24, 2.45) is 12.9 Å². The Morgan fingerprint density at radius 3 is 2.61 bits per heavy atom. The lowest BCUT2D eigenvalue weighted by molar-refractivity contribution is 0.738. The predicted molar refractivity (Wildman–Crippen MR) is 69.9 cm³/mol. The van der Waals surface area contributed by atoms with Gasteiger partial charge in [-0.15, -0.1) is 0 Å². The maximum atomic E-state index is 5.37. The number of rotatable bonds is 4. The average molecular weight is 247 g/mol. The molecule has 2 aromatic heterocycles. The predicted octanol–water partition coefficient (Wildman–Crippen LogP) is 0.725. The second-order valence-corrected chi connectivity index (χ2v) is 4.07.